The van der Waals surface area contributed by atoms with Crippen LogP contribution in [0, 0.1) is 17.8 Å². The van der Waals surface area contributed by atoms with E-state index in [9.17, 15) is 9.90 Å². The standard InChI is InChI=1S/C35H37N5O3/c1-20-25-10-12-29(20)40(18-25)35(42)26-14-28-32(31(16-26)43-3)38(2)34(37-28)30-15-24-9-11-27(23-6-4-5-22(13-23)19-41)36-33(24)39(30)17-21-7-8-21/h4-6,9,11,13-16,20-21,25,29,41H,7-8,10,12,17-19H2,1-3H3/t20-,25?,29?/m1/s1. The van der Waals surface area contributed by atoms with Crippen LogP contribution in [-0.4, -0.2) is 54.7 Å². The molecule has 8 rings (SSSR count). The maximum absolute atomic E-state index is 13.8. The summed E-state index contributed by atoms with van der Waals surface area (Å²) < 4.78 is 10.3. The van der Waals surface area contributed by atoms with Crippen LogP contribution in [-0.2, 0) is 20.2 Å². The number of hydrogen-bond donors (Lipinski definition) is 1. The van der Waals surface area contributed by atoms with E-state index in [-0.39, 0.29) is 12.5 Å². The first-order chi connectivity index (χ1) is 20.9. The number of piperidine rings is 1. The van der Waals surface area contributed by atoms with E-state index in [0.29, 0.717) is 35.1 Å². The van der Waals surface area contributed by atoms with Gasteiger partial charge in [0.15, 0.2) is 5.82 Å². The molecule has 2 saturated carbocycles. The average molecular weight is 576 g/mol. The highest BCUT2D eigenvalue weighted by Gasteiger charge is 2.46. The number of aliphatic hydroxyl groups is 1. The Bertz CT molecular complexity index is 1900. The van der Waals surface area contributed by atoms with E-state index in [0.717, 1.165) is 69.9 Å². The van der Waals surface area contributed by atoms with Crippen LogP contribution in [0.4, 0.5) is 0 Å². The largest absolute Gasteiger partial charge is 0.494 e. The van der Waals surface area contributed by atoms with Gasteiger partial charge >= 0.3 is 0 Å². The fraction of sp³-hybridized carbons (Fsp3) is 0.400. The number of ether oxygens (including phenoxy) is 1. The van der Waals surface area contributed by atoms with Gasteiger partial charge in [-0.3, -0.25) is 4.79 Å². The number of likely N-dealkylation sites (tertiary alicyclic amines) is 1. The predicted molar refractivity (Wildman–Crippen MR) is 167 cm³/mol. The topological polar surface area (TPSA) is 85.4 Å². The highest BCUT2D eigenvalue weighted by atomic mass is 16.5. The Morgan fingerprint density at radius 2 is 1.91 bits per heavy atom. The summed E-state index contributed by atoms with van der Waals surface area (Å²) in [6.07, 6.45) is 4.76. The Labute approximate surface area is 250 Å². The van der Waals surface area contributed by atoms with Gasteiger partial charge in [0.05, 0.1) is 30.6 Å². The molecule has 0 spiro atoms. The third kappa shape index (κ3) is 4.26. The first kappa shape index (κ1) is 26.5. The van der Waals surface area contributed by atoms with E-state index in [1.54, 1.807) is 7.11 Å². The van der Waals surface area contributed by atoms with Crippen molar-refractivity contribution in [2.24, 2.45) is 24.8 Å². The molecule has 1 saturated heterocycles. The molecule has 5 aromatic rings. The van der Waals surface area contributed by atoms with Gasteiger partial charge < -0.3 is 23.9 Å². The highest BCUT2D eigenvalue weighted by molar-refractivity contribution is 6.00. The minimum atomic E-state index is 0.0000346. The molecule has 2 bridgehead atoms. The lowest BCUT2D eigenvalue weighted by Gasteiger charge is -2.27. The number of pyridine rings is 1. The van der Waals surface area contributed by atoms with Crippen molar-refractivity contribution >= 4 is 28.0 Å². The maximum atomic E-state index is 13.8. The Hall–Kier alpha value is -4.17. The summed E-state index contributed by atoms with van der Waals surface area (Å²) >= 11 is 0. The van der Waals surface area contributed by atoms with Gasteiger partial charge in [-0.25, -0.2) is 9.97 Å². The molecule has 3 fully saturated rings. The molecule has 220 valence electrons. The number of fused-ring (bicyclic) bond motifs is 4. The summed E-state index contributed by atoms with van der Waals surface area (Å²) in [6.45, 7) is 4.01. The SMILES string of the molecule is COc1cc(C(=O)N2CC3CCC2[C@@H]3C)cc2nc(-c3cc4ccc(-c5cccc(CO)c5)nc4n3CC3CC3)n(C)c12. The average Bonchev–Trinajstić information content (AvgIpc) is 3.44. The Morgan fingerprint density at radius 3 is 2.63 bits per heavy atom. The molecule has 43 heavy (non-hydrogen) atoms. The van der Waals surface area contributed by atoms with Crippen LogP contribution in [0.2, 0.25) is 0 Å². The summed E-state index contributed by atoms with van der Waals surface area (Å²) in [5.41, 5.74) is 6.95. The van der Waals surface area contributed by atoms with Gasteiger partial charge in [-0.05, 0) is 85.4 Å². The van der Waals surface area contributed by atoms with Crippen LogP contribution in [0.15, 0.2) is 54.6 Å². The van der Waals surface area contributed by atoms with Crippen LogP contribution in [0.25, 0.3) is 44.8 Å². The zero-order valence-corrected chi connectivity index (χ0v) is 25.0. The molecule has 2 aliphatic carbocycles. The fourth-order valence-corrected chi connectivity index (χ4v) is 7.57. The molecule has 3 aromatic heterocycles. The number of aromatic nitrogens is 4. The van der Waals surface area contributed by atoms with Crippen LogP contribution >= 0.6 is 0 Å². The van der Waals surface area contributed by atoms with Crippen molar-refractivity contribution in [1.82, 2.24) is 24.0 Å². The third-order valence-corrected chi connectivity index (χ3v) is 10.2. The number of hydrogen-bond acceptors (Lipinski definition) is 5. The van der Waals surface area contributed by atoms with Gasteiger partial charge in [0.1, 0.15) is 16.9 Å². The number of aliphatic hydroxyl groups excluding tert-OH is 1. The minimum Gasteiger partial charge on any atom is -0.494 e. The van der Waals surface area contributed by atoms with Gasteiger partial charge in [0.25, 0.3) is 5.91 Å². The van der Waals surface area contributed by atoms with Gasteiger partial charge in [-0.2, -0.15) is 0 Å². The van der Waals surface area contributed by atoms with Crippen molar-refractivity contribution in [3.05, 3.63) is 65.7 Å². The first-order valence-corrected chi connectivity index (χ1v) is 15.5. The lowest BCUT2D eigenvalue weighted by molar-refractivity contribution is 0.0696. The second kappa shape index (κ2) is 9.95. The number of aryl methyl sites for hydroxylation is 1. The number of amides is 1. The van der Waals surface area contributed by atoms with Crippen molar-refractivity contribution in [2.45, 2.75) is 51.8 Å². The zero-order valence-electron chi connectivity index (χ0n) is 25.0. The molecular weight excluding hydrogens is 538 g/mol. The maximum Gasteiger partial charge on any atom is 0.254 e. The first-order valence-electron chi connectivity index (χ1n) is 15.5. The molecule has 1 aliphatic heterocycles. The van der Waals surface area contributed by atoms with E-state index in [1.807, 2.05) is 49.5 Å². The van der Waals surface area contributed by atoms with Crippen LogP contribution in [0.5, 0.6) is 5.75 Å². The van der Waals surface area contributed by atoms with Crippen LogP contribution in [0.1, 0.15) is 48.5 Å². The Balaban J connectivity index is 1.24. The van der Waals surface area contributed by atoms with E-state index < -0.39 is 0 Å². The van der Waals surface area contributed by atoms with Crippen molar-refractivity contribution in [3.63, 3.8) is 0 Å². The molecule has 2 unspecified atom stereocenters. The summed E-state index contributed by atoms with van der Waals surface area (Å²) in [6, 6.07) is 18.4. The second-order valence-corrected chi connectivity index (χ2v) is 12.8. The fourth-order valence-electron chi connectivity index (χ4n) is 7.57. The van der Waals surface area contributed by atoms with Crippen LogP contribution < -0.4 is 4.74 Å². The summed E-state index contributed by atoms with van der Waals surface area (Å²) in [5, 5.41) is 10.7. The molecule has 3 atom stereocenters. The number of methoxy groups -OCH3 is 1. The molecule has 0 radical (unpaired) electrons. The van der Waals surface area contributed by atoms with E-state index >= 15 is 0 Å². The summed E-state index contributed by atoms with van der Waals surface area (Å²) in [5.74, 6) is 3.38. The van der Waals surface area contributed by atoms with Gasteiger partial charge in [-0.15, -0.1) is 0 Å². The molecule has 1 amide bonds. The smallest absolute Gasteiger partial charge is 0.254 e. The van der Waals surface area contributed by atoms with E-state index in [1.165, 1.54) is 19.3 Å². The molecule has 2 aromatic carbocycles. The number of benzene rings is 2. The van der Waals surface area contributed by atoms with Gasteiger partial charge in [-0.1, -0.05) is 25.1 Å². The normalized spacial score (nSPS) is 21.4. The molecule has 8 heteroatoms. The van der Waals surface area contributed by atoms with Crippen molar-refractivity contribution in [1.29, 1.82) is 0 Å². The monoisotopic (exact) mass is 575 g/mol. The Kier molecular flexibility index (Phi) is 6.12. The lowest BCUT2D eigenvalue weighted by atomic mass is 10.0. The van der Waals surface area contributed by atoms with Crippen molar-refractivity contribution < 1.29 is 14.6 Å². The molecule has 8 nitrogen and oxygen atoms in total. The van der Waals surface area contributed by atoms with Gasteiger partial charge in [0, 0.05) is 42.7 Å². The highest BCUT2D eigenvalue weighted by Crippen LogP contribution is 2.44. The number of rotatable bonds is 7. The number of carbonyl (C=O) groups excluding carboxylic acids is 1. The quantitative estimate of drug-likeness (QED) is 0.256. The summed E-state index contributed by atoms with van der Waals surface area (Å²) in [4.78, 5) is 26.1. The lowest BCUT2D eigenvalue weighted by Crippen LogP contribution is -2.38. The number of nitrogens with zero attached hydrogens (tertiary/aromatic N) is 5. The molecular formula is C35H37N5O3. The summed E-state index contributed by atoms with van der Waals surface area (Å²) in [7, 11) is 3.69. The second-order valence-electron chi connectivity index (χ2n) is 12.8. The molecule has 1 N–H and O–H groups in total. The Morgan fingerprint density at radius 1 is 1.05 bits per heavy atom. The van der Waals surface area contributed by atoms with Crippen LogP contribution in [0.3, 0.4) is 0 Å². The number of imidazole rings is 1. The van der Waals surface area contributed by atoms with Gasteiger partial charge in [0.2, 0.25) is 0 Å². The number of carbonyl (C=O) groups is 1. The molecule has 4 heterocycles. The van der Waals surface area contributed by atoms with Crippen molar-refractivity contribution in [2.75, 3.05) is 13.7 Å². The third-order valence-electron chi connectivity index (χ3n) is 10.2. The predicted octanol–water partition coefficient (Wildman–Crippen LogP) is 6.04. The van der Waals surface area contributed by atoms with E-state index in [4.69, 9.17) is 14.7 Å². The van der Waals surface area contributed by atoms with Crippen molar-refractivity contribution in [3.8, 4) is 28.5 Å². The minimum absolute atomic E-state index is 0.0000346. The van der Waals surface area contributed by atoms with E-state index in [2.05, 4.69) is 33.1 Å². The molecule has 3 aliphatic rings. The zero-order chi connectivity index (χ0) is 29.4.